The zero-order chi connectivity index (χ0) is 10.3. The molecule has 1 unspecified atom stereocenters. The number of nitrogens with one attached hydrogen (secondary N) is 1. The summed E-state index contributed by atoms with van der Waals surface area (Å²) in [5.74, 6) is 0. The van der Waals surface area contributed by atoms with Gasteiger partial charge in [0.25, 0.3) is 0 Å². The van der Waals surface area contributed by atoms with Crippen molar-refractivity contribution in [2.24, 2.45) is 5.73 Å². The molecule has 5 heteroatoms. The van der Waals surface area contributed by atoms with Crippen LogP contribution in [0.5, 0.6) is 0 Å². The van der Waals surface area contributed by atoms with Gasteiger partial charge in [-0.15, -0.1) is 0 Å². The van der Waals surface area contributed by atoms with Crippen LogP contribution in [-0.4, -0.2) is 25.3 Å². The van der Waals surface area contributed by atoms with E-state index in [0.29, 0.717) is 19.5 Å². The molecule has 0 saturated carbocycles. The molecule has 80 valence electrons. The lowest BCUT2D eigenvalue weighted by molar-refractivity contribution is -0.135. The molecule has 0 heterocycles. The Labute approximate surface area is 76.7 Å². The van der Waals surface area contributed by atoms with Crippen molar-refractivity contribution in [3.05, 3.63) is 0 Å². The molecule has 0 amide bonds. The van der Waals surface area contributed by atoms with Crippen molar-refractivity contribution >= 4 is 0 Å². The van der Waals surface area contributed by atoms with E-state index >= 15 is 0 Å². The summed E-state index contributed by atoms with van der Waals surface area (Å²) >= 11 is 0. The summed E-state index contributed by atoms with van der Waals surface area (Å²) in [6, 6.07) is 0.0580. The lowest BCUT2D eigenvalue weighted by atomic mass is 10.2. The molecule has 0 aliphatic heterocycles. The summed E-state index contributed by atoms with van der Waals surface area (Å²) in [7, 11) is 0. The van der Waals surface area contributed by atoms with Gasteiger partial charge in [-0.25, -0.2) is 0 Å². The van der Waals surface area contributed by atoms with Crippen LogP contribution in [0.1, 0.15) is 26.2 Å². The fraction of sp³-hybridized carbons (Fsp3) is 1.00. The first-order chi connectivity index (χ1) is 5.92. The van der Waals surface area contributed by atoms with Crippen LogP contribution in [0.2, 0.25) is 0 Å². The Balaban J connectivity index is 3.09. The zero-order valence-corrected chi connectivity index (χ0v) is 7.82. The summed E-state index contributed by atoms with van der Waals surface area (Å²) in [6.07, 6.45) is -3.96. The Hall–Kier alpha value is -0.290. The maximum atomic E-state index is 11.7. The van der Waals surface area contributed by atoms with Crippen LogP contribution in [0.15, 0.2) is 0 Å². The normalized spacial score (nSPS) is 14.5. The highest BCUT2D eigenvalue weighted by Gasteiger charge is 2.25. The van der Waals surface area contributed by atoms with Gasteiger partial charge in [-0.2, -0.15) is 13.2 Å². The van der Waals surface area contributed by atoms with Crippen molar-refractivity contribution in [2.75, 3.05) is 13.1 Å². The van der Waals surface area contributed by atoms with Crippen molar-refractivity contribution in [1.82, 2.24) is 5.32 Å². The molecule has 1 atom stereocenters. The van der Waals surface area contributed by atoms with Crippen molar-refractivity contribution in [1.29, 1.82) is 0 Å². The fourth-order valence-corrected chi connectivity index (χ4v) is 0.905. The highest BCUT2D eigenvalue weighted by atomic mass is 19.4. The number of halogens is 3. The van der Waals surface area contributed by atoms with Crippen molar-refractivity contribution in [3.63, 3.8) is 0 Å². The number of alkyl halides is 3. The average molecular weight is 198 g/mol. The van der Waals surface area contributed by atoms with Crippen LogP contribution in [-0.2, 0) is 0 Å². The molecular formula is C8H17F3N2. The highest BCUT2D eigenvalue weighted by Crippen LogP contribution is 2.21. The molecule has 2 nitrogen and oxygen atoms in total. The number of rotatable bonds is 6. The van der Waals surface area contributed by atoms with Gasteiger partial charge in [0.15, 0.2) is 0 Å². The lowest BCUT2D eigenvalue weighted by Gasteiger charge is -2.08. The molecule has 13 heavy (non-hydrogen) atoms. The predicted octanol–water partition coefficient (Wildman–Crippen LogP) is 1.66. The Morgan fingerprint density at radius 2 is 1.92 bits per heavy atom. The molecule has 0 aliphatic carbocycles. The third-order valence-corrected chi connectivity index (χ3v) is 1.53. The van der Waals surface area contributed by atoms with E-state index in [2.05, 4.69) is 5.32 Å². The molecule has 0 aromatic heterocycles. The first kappa shape index (κ1) is 12.7. The van der Waals surface area contributed by atoms with Gasteiger partial charge in [0.2, 0.25) is 0 Å². The fourth-order valence-electron chi connectivity index (χ4n) is 0.905. The summed E-state index contributed by atoms with van der Waals surface area (Å²) in [6.45, 7) is 3.12. The van der Waals surface area contributed by atoms with Crippen LogP contribution in [0.4, 0.5) is 13.2 Å². The molecule has 0 radical (unpaired) electrons. The van der Waals surface area contributed by atoms with Crippen LogP contribution >= 0.6 is 0 Å². The summed E-state index contributed by atoms with van der Waals surface area (Å²) < 4.78 is 35.0. The number of hydrogen-bond donors (Lipinski definition) is 2. The van der Waals surface area contributed by atoms with Crippen molar-refractivity contribution < 1.29 is 13.2 Å². The zero-order valence-electron chi connectivity index (χ0n) is 7.82. The lowest BCUT2D eigenvalue weighted by Crippen LogP contribution is -2.31. The van der Waals surface area contributed by atoms with Gasteiger partial charge in [-0.05, 0) is 26.3 Å². The molecule has 0 spiro atoms. The third kappa shape index (κ3) is 11.7. The van der Waals surface area contributed by atoms with Crippen LogP contribution < -0.4 is 11.1 Å². The number of unbranched alkanes of at least 4 members (excludes halogenated alkanes) is 1. The van der Waals surface area contributed by atoms with Gasteiger partial charge in [-0.3, -0.25) is 0 Å². The molecule has 0 aromatic rings. The van der Waals surface area contributed by atoms with Gasteiger partial charge < -0.3 is 11.1 Å². The molecule has 0 fully saturated rings. The van der Waals surface area contributed by atoms with E-state index < -0.39 is 12.6 Å². The Bertz CT molecular complexity index is 123. The summed E-state index contributed by atoms with van der Waals surface area (Å²) in [5, 5.41) is 2.98. The number of hydrogen-bond acceptors (Lipinski definition) is 2. The molecule has 0 aromatic carbocycles. The maximum Gasteiger partial charge on any atom is 0.389 e. The van der Waals surface area contributed by atoms with Gasteiger partial charge >= 0.3 is 6.18 Å². The van der Waals surface area contributed by atoms with Gasteiger partial charge in [0.05, 0.1) is 0 Å². The second kappa shape index (κ2) is 6.21. The topological polar surface area (TPSA) is 38.0 Å². The SMILES string of the molecule is CC(N)CNCCCCC(F)(F)F. The van der Waals surface area contributed by atoms with Crippen molar-refractivity contribution in [2.45, 2.75) is 38.4 Å². The Morgan fingerprint density at radius 1 is 1.31 bits per heavy atom. The standard InChI is InChI=1S/C8H17F3N2/c1-7(12)6-13-5-3-2-4-8(9,10)11/h7,13H,2-6,12H2,1H3. The first-order valence-electron chi connectivity index (χ1n) is 4.45. The quantitative estimate of drug-likeness (QED) is 0.637. The smallest absolute Gasteiger partial charge is 0.327 e. The molecule has 0 bridgehead atoms. The molecular weight excluding hydrogens is 181 g/mol. The average Bonchev–Trinajstić information content (AvgIpc) is 1.93. The van der Waals surface area contributed by atoms with Crippen LogP contribution in [0.3, 0.4) is 0 Å². The van der Waals surface area contributed by atoms with Crippen molar-refractivity contribution in [3.8, 4) is 0 Å². The monoisotopic (exact) mass is 198 g/mol. The summed E-state index contributed by atoms with van der Waals surface area (Å²) in [5.41, 5.74) is 5.43. The molecule has 0 saturated heterocycles. The Morgan fingerprint density at radius 3 is 2.38 bits per heavy atom. The molecule has 3 N–H and O–H groups in total. The minimum Gasteiger partial charge on any atom is -0.327 e. The number of nitrogens with two attached hydrogens (primary N) is 1. The van der Waals surface area contributed by atoms with Crippen LogP contribution in [0.25, 0.3) is 0 Å². The predicted molar refractivity (Wildman–Crippen MR) is 46.4 cm³/mol. The van der Waals surface area contributed by atoms with E-state index in [-0.39, 0.29) is 12.5 Å². The van der Waals surface area contributed by atoms with E-state index in [1.807, 2.05) is 6.92 Å². The van der Waals surface area contributed by atoms with Gasteiger partial charge in [0.1, 0.15) is 0 Å². The van der Waals surface area contributed by atoms with Crippen LogP contribution in [0, 0.1) is 0 Å². The summed E-state index contributed by atoms with van der Waals surface area (Å²) in [4.78, 5) is 0. The second-order valence-corrected chi connectivity index (χ2v) is 3.25. The second-order valence-electron chi connectivity index (χ2n) is 3.25. The third-order valence-electron chi connectivity index (χ3n) is 1.53. The molecule has 0 aliphatic rings. The first-order valence-corrected chi connectivity index (χ1v) is 4.45. The maximum absolute atomic E-state index is 11.7. The van der Waals surface area contributed by atoms with Gasteiger partial charge in [-0.1, -0.05) is 0 Å². The van der Waals surface area contributed by atoms with E-state index in [9.17, 15) is 13.2 Å². The highest BCUT2D eigenvalue weighted by molar-refractivity contribution is 4.58. The molecule has 0 rings (SSSR count). The Kier molecular flexibility index (Phi) is 6.07. The minimum absolute atomic E-state index is 0.0580. The van der Waals surface area contributed by atoms with E-state index in [1.165, 1.54) is 0 Å². The van der Waals surface area contributed by atoms with E-state index in [4.69, 9.17) is 5.73 Å². The van der Waals surface area contributed by atoms with E-state index in [1.54, 1.807) is 0 Å². The van der Waals surface area contributed by atoms with E-state index in [0.717, 1.165) is 0 Å². The minimum atomic E-state index is -4.01. The largest absolute Gasteiger partial charge is 0.389 e. The van der Waals surface area contributed by atoms with Gasteiger partial charge in [0, 0.05) is 19.0 Å².